The van der Waals surface area contributed by atoms with E-state index in [-0.39, 0.29) is 31.2 Å². The predicted molar refractivity (Wildman–Crippen MR) is 86.2 cm³/mol. The topological polar surface area (TPSA) is 78.6 Å². The van der Waals surface area contributed by atoms with Crippen molar-refractivity contribution >= 4 is 5.91 Å². The van der Waals surface area contributed by atoms with Crippen LogP contribution in [-0.4, -0.2) is 55.2 Å². The summed E-state index contributed by atoms with van der Waals surface area (Å²) < 4.78 is 40.8. The molecule has 146 valence electrons. The summed E-state index contributed by atoms with van der Waals surface area (Å²) in [6.07, 6.45) is -0.715. The van der Waals surface area contributed by atoms with Crippen molar-refractivity contribution in [3.05, 3.63) is 17.5 Å². The van der Waals surface area contributed by atoms with Gasteiger partial charge in [0.2, 0.25) is 5.60 Å². The zero-order valence-corrected chi connectivity index (χ0v) is 14.8. The quantitative estimate of drug-likeness (QED) is 0.830. The minimum Gasteiger partial charge on any atom is -0.393 e. The Kier molecular flexibility index (Phi) is 4.81. The molecule has 1 fully saturated rings. The fourth-order valence-corrected chi connectivity index (χ4v) is 3.94. The standard InChI is InChI=1S/C17H24F3N3O3/c1-10-8-22(15(25)16(2,26)17(18,19)20)9-11-7-21-23(14(10)11)12-3-5-13(24)6-4-12/h7,10,12-13,24,26H,3-6,8-9H2,1-2H3/t10-,12?,13?,16-/m1/s1. The average Bonchev–Trinajstić information content (AvgIpc) is 2.98. The van der Waals surface area contributed by atoms with Gasteiger partial charge in [-0.25, -0.2) is 0 Å². The normalized spacial score (nSPS) is 29.2. The molecule has 2 heterocycles. The van der Waals surface area contributed by atoms with Crippen molar-refractivity contribution < 1.29 is 28.2 Å². The van der Waals surface area contributed by atoms with Crippen LogP contribution in [-0.2, 0) is 11.3 Å². The molecule has 1 aliphatic carbocycles. The monoisotopic (exact) mass is 375 g/mol. The highest BCUT2D eigenvalue weighted by Crippen LogP contribution is 2.37. The number of aromatic nitrogens is 2. The molecule has 1 amide bonds. The predicted octanol–water partition coefficient (Wildman–Crippen LogP) is 2.12. The molecule has 1 aromatic heterocycles. The Hall–Kier alpha value is -1.61. The van der Waals surface area contributed by atoms with Crippen LogP contribution >= 0.6 is 0 Å². The van der Waals surface area contributed by atoms with Crippen LogP contribution in [0.25, 0.3) is 0 Å². The summed E-state index contributed by atoms with van der Waals surface area (Å²) in [4.78, 5) is 13.3. The first-order valence-electron chi connectivity index (χ1n) is 8.85. The lowest BCUT2D eigenvalue weighted by molar-refractivity contribution is -0.250. The first-order valence-corrected chi connectivity index (χ1v) is 8.85. The number of alkyl halides is 3. The van der Waals surface area contributed by atoms with Gasteiger partial charge in [0.1, 0.15) is 0 Å². The lowest BCUT2D eigenvalue weighted by atomic mass is 9.91. The van der Waals surface area contributed by atoms with Crippen LogP contribution < -0.4 is 0 Å². The molecule has 2 aliphatic rings. The third kappa shape index (κ3) is 3.22. The number of hydrogen-bond donors (Lipinski definition) is 2. The first kappa shape index (κ1) is 19.2. The molecule has 9 heteroatoms. The lowest BCUT2D eigenvalue weighted by Crippen LogP contribution is -2.57. The van der Waals surface area contributed by atoms with Gasteiger partial charge in [0.25, 0.3) is 5.91 Å². The van der Waals surface area contributed by atoms with E-state index in [0.717, 1.165) is 23.4 Å². The van der Waals surface area contributed by atoms with Gasteiger partial charge in [-0.3, -0.25) is 9.48 Å². The van der Waals surface area contributed by atoms with E-state index in [1.807, 2.05) is 11.6 Å². The Labute approximate surface area is 149 Å². The van der Waals surface area contributed by atoms with E-state index in [1.54, 1.807) is 6.20 Å². The van der Waals surface area contributed by atoms with Crippen LogP contribution in [0.4, 0.5) is 13.2 Å². The van der Waals surface area contributed by atoms with E-state index >= 15 is 0 Å². The van der Waals surface area contributed by atoms with Crippen molar-refractivity contribution in [2.45, 2.75) is 75.9 Å². The number of nitrogens with zero attached hydrogens (tertiary/aromatic N) is 3. The van der Waals surface area contributed by atoms with Crippen LogP contribution in [0.15, 0.2) is 6.20 Å². The summed E-state index contributed by atoms with van der Waals surface area (Å²) in [5, 5.41) is 23.8. The molecule has 0 bridgehead atoms. The minimum absolute atomic E-state index is 0.0000810. The maximum Gasteiger partial charge on any atom is 0.426 e. The van der Waals surface area contributed by atoms with Gasteiger partial charge in [0.15, 0.2) is 0 Å². The third-order valence-electron chi connectivity index (χ3n) is 5.50. The van der Waals surface area contributed by atoms with E-state index in [2.05, 4.69) is 5.10 Å². The lowest BCUT2D eigenvalue weighted by Gasteiger charge is -2.37. The SMILES string of the molecule is C[C@@H]1CN(C(=O)[C@@](C)(O)C(F)(F)F)Cc2cnn(C3CCC(O)CC3)c21. The Morgan fingerprint density at radius 1 is 1.27 bits per heavy atom. The summed E-state index contributed by atoms with van der Waals surface area (Å²) in [6, 6.07) is 0.158. The molecule has 2 atom stereocenters. The second kappa shape index (κ2) is 6.53. The van der Waals surface area contributed by atoms with Crippen LogP contribution in [0.5, 0.6) is 0 Å². The van der Waals surface area contributed by atoms with Gasteiger partial charge in [-0.2, -0.15) is 18.3 Å². The van der Waals surface area contributed by atoms with Gasteiger partial charge >= 0.3 is 6.18 Å². The van der Waals surface area contributed by atoms with E-state index in [4.69, 9.17) is 0 Å². The van der Waals surface area contributed by atoms with Gasteiger partial charge in [-0.15, -0.1) is 0 Å². The first-order chi connectivity index (χ1) is 12.0. The van der Waals surface area contributed by atoms with Gasteiger partial charge in [0.05, 0.1) is 18.3 Å². The molecule has 0 aromatic carbocycles. The van der Waals surface area contributed by atoms with E-state index < -0.39 is 17.7 Å². The van der Waals surface area contributed by atoms with Crippen LogP contribution in [0.1, 0.15) is 62.7 Å². The number of carbonyl (C=O) groups is 1. The number of carbonyl (C=O) groups excluding carboxylic acids is 1. The van der Waals surface area contributed by atoms with Gasteiger partial charge in [0, 0.05) is 30.3 Å². The molecular formula is C17H24F3N3O3. The van der Waals surface area contributed by atoms with Gasteiger partial charge in [-0.1, -0.05) is 6.92 Å². The van der Waals surface area contributed by atoms with Crippen LogP contribution in [0, 0.1) is 0 Å². The highest BCUT2D eigenvalue weighted by atomic mass is 19.4. The summed E-state index contributed by atoms with van der Waals surface area (Å²) in [5.74, 6) is -1.53. The highest BCUT2D eigenvalue weighted by molar-refractivity contribution is 5.85. The molecule has 0 unspecified atom stereocenters. The second-order valence-corrected chi connectivity index (χ2v) is 7.62. The molecule has 3 rings (SSSR count). The van der Waals surface area contributed by atoms with Crippen molar-refractivity contribution in [3.63, 3.8) is 0 Å². The fourth-order valence-electron chi connectivity index (χ4n) is 3.94. The number of rotatable bonds is 2. The number of aliphatic hydroxyl groups is 2. The summed E-state index contributed by atoms with van der Waals surface area (Å²) in [6.45, 7) is 2.43. The molecular weight excluding hydrogens is 351 g/mol. The Bertz CT molecular complexity index is 679. The smallest absolute Gasteiger partial charge is 0.393 e. The zero-order chi connectivity index (χ0) is 19.3. The molecule has 0 radical (unpaired) electrons. The zero-order valence-electron chi connectivity index (χ0n) is 14.8. The molecule has 2 N–H and O–H groups in total. The number of fused-ring (bicyclic) bond motifs is 1. The third-order valence-corrected chi connectivity index (χ3v) is 5.50. The number of aliphatic hydroxyl groups excluding tert-OH is 1. The highest BCUT2D eigenvalue weighted by Gasteiger charge is 2.57. The molecule has 1 aromatic rings. The Morgan fingerprint density at radius 2 is 1.88 bits per heavy atom. The van der Waals surface area contributed by atoms with Gasteiger partial charge in [-0.05, 0) is 32.6 Å². The summed E-state index contributed by atoms with van der Waals surface area (Å²) in [7, 11) is 0. The van der Waals surface area contributed by atoms with E-state index in [9.17, 15) is 28.2 Å². The van der Waals surface area contributed by atoms with E-state index in [1.165, 1.54) is 0 Å². The van der Waals surface area contributed by atoms with Crippen molar-refractivity contribution in [1.82, 2.24) is 14.7 Å². The molecule has 1 saturated carbocycles. The van der Waals surface area contributed by atoms with E-state index in [0.29, 0.717) is 25.3 Å². The number of hydrogen-bond acceptors (Lipinski definition) is 4. The largest absolute Gasteiger partial charge is 0.426 e. The minimum atomic E-state index is -5.03. The number of halogens is 3. The van der Waals surface area contributed by atoms with Crippen molar-refractivity contribution in [2.24, 2.45) is 0 Å². The maximum absolute atomic E-state index is 13.0. The maximum atomic E-state index is 13.0. The van der Waals surface area contributed by atoms with Crippen LogP contribution in [0.2, 0.25) is 0 Å². The molecule has 0 spiro atoms. The molecule has 26 heavy (non-hydrogen) atoms. The molecule has 6 nitrogen and oxygen atoms in total. The Morgan fingerprint density at radius 3 is 2.46 bits per heavy atom. The molecule has 1 aliphatic heterocycles. The summed E-state index contributed by atoms with van der Waals surface area (Å²) >= 11 is 0. The van der Waals surface area contributed by atoms with Crippen molar-refractivity contribution in [1.29, 1.82) is 0 Å². The summed E-state index contributed by atoms with van der Waals surface area (Å²) in [5.41, 5.74) is -1.76. The van der Waals surface area contributed by atoms with Crippen molar-refractivity contribution in [2.75, 3.05) is 6.54 Å². The molecule has 0 saturated heterocycles. The van der Waals surface area contributed by atoms with Crippen molar-refractivity contribution in [3.8, 4) is 0 Å². The second-order valence-electron chi connectivity index (χ2n) is 7.62. The fraction of sp³-hybridized carbons (Fsp3) is 0.765. The average molecular weight is 375 g/mol. The Balaban J connectivity index is 1.81. The number of amides is 1. The van der Waals surface area contributed by atoms with Gasteiger partial charge < -0.3 is 15.1 Å². The van der Waals surface area contributed by atoms with Crippen LogP contribution in [0.3, 0.4) is 0 Å².